The van der Waals surface area contributed by atoms with Crippen LogP contribution in [0.15, 0.2) is 22.5 Å². The highest BCUT2D eigenvalue weighted by atomic mass is 16.4. The molecule has 0 aliphatic rings. The highest BCUT2D eigenvalue weighted by Crippen LogP contribution is 2.34. The van der Waals surface area contributed by atoms with Gasteiger partial charge in [0, 0.05) is 0 Å². The van der Waals surface area contributed by atoms with Crippen LogP contribution >= 0.6 is 0 Å². The van der Waals surface area contributed by atoms with Crippen molar-refractivity contribution in [2.24, 2.45) is 10.4 Å². The Morgan fingerprint density at radius 1 is 1.29 bits per heavy atom. The molecule has 0 heterocycles. The van der Waals surface area contributed by atoms with Gasteiger partial charge in [-0.3, -0.25) is 0 Å². The first-order valence-electron chi connectivity index (χ1n) is 3.43. The van der Waals surface area contributed by atoms with Crippen LogP contribution in [0.2, 0.25) is 0 Å². The molecule has 0 bridgehead atoms. The third-order valence-electron chi connectivity index (χ3n) is 1.56. The summed E-state index contributed by atoms with van der Waals surface area (Å²) in [5.41, 5.74) is 4.17. The molecule has 3 N–H and O–H groups in total. The summed E-state index contributed by atoms with van der Waals surface area (Å²) >= 11 is 0. The van der Waals surface area contributed by atoms with Crippen LogP contribution in [-0.2, 0) is 0 Å². The van der Waals surface area contributed by atoms with Gasteiger partial charge in [0.25, 0.3) is 0 Å². The number of benzene rings is 1. The smallest absolute Gasteiger partial charge is 0.335 e. The Morgan fingerprint density at radius 3 is 2.36 bits per heavy atom. The summed E-state index contributed by atoms with van der Waals surface area (Å²) in [5.74, 6) is -1.26. The molecule has 7 nitrogen and oxygen atoms in total. The van der Waals surface area contributed by atoms with E-state index in [1.807, 2.05) is 0 Å². The molecule has 7 heteroatoms. The largest absolute Gasteiger partial charge is 0.478 e. The molecular weight excluding hydrogens is 190 g/mol. The molecule has 0 unspecified atom stereocenters. The Balaban J connectivity index is 3.45. The van der Waals surface area contributed by atoms with Crippen molar-refractivity contribution in [3.63, 3.8) is 0 Å². The molecule has 0 aliphatic heterocycles. The van der Waals surface area contributed by atoms with E-state index in [0.717, 1.165) is 12.1 Å². The van der Waals surface area contributed by atoms with Gasteiger partial charge in [0.1, 0.15) is 5.69 Å². The third-order valence-corrected chi connectivity index (χ3v) is 1.56. The van der Waals surface area contributed by atoms with Crippen LogP contribution in [0, 0.1) is 9.81 Å². The zero-order valence-electron chi connectivity index (χ0n) is 6.80. The van der Waals surface area contributed by atoms with E-state index in [0.29, 0.717) is 0 Å². The molecule has 0 radical (unpaired) electrons. The zero-order valence-corrected chi connectivity index (χ0v) is 6.80. The van der Waals surface area contributed by atoms with Crippen LogP contribution in [-0.4, -0.2) is 11.1 Å². The number of nitroso groups, excluding NO2 is 2. The van der Waals surface area contributed by atoms with Crippen LogP contribution in [0.5, 0.6) is 0 Å². The second kappa shape index (κ2) is 3.60. The standard InChI is InChI=1S/C7H5N3O4/c8-4-1-3(7(11)12)2-5(9-13)6(4)10-14/h1-2H,8H2,(H,11,12). The highest BCUT2D eigenvalue weighted by molar-refractivity contribution is 5.93. The van der Waals surface area contributed by atoms with Crippen molar-refractivity contribution in [1.82, 2.24) is 0 Å². The molecule has 14 heavy (non-hydrogen) atoms. The molecule has 0 atom stereocenters. The number of nitrogens with two attached hydrogens (primary N) is 1. The molecule has 1 aromatic carbocycles. The number of nitrogens with zero attached hydrogens (tertiary/aromatic N) is 2. The average molecular weight is 195 g/mol. The Kier molecular flexibility index (Phi) is 2.52. The Labute approximate surface area is 77.5 Å². The molecule has 1 rings (SSSR count). The van der Waals surface area contributed by atoms with E-state index in [9.17, 15) is 14.6 Å². The maximum absolute atomic E-state index is 10.5. The molecule has 0 amide bonds. The van der Waals surface area contributed by atoms with E-state index >= 15 is 0 Å². The number of hydrogen-bond donors (Lipinski definition) is 2. The Bertz CT molecular complexity index is 416. The second-order valence-corrected chi connectivity index (χ2v) is 2.42. The molecule has 72 valence electrons. The maximum atomic E-state index is 10.5. The summed E-state index contributed by atoms with van der Waals surface area (Å²) in [6.45, 7) is 0. The van der Waals surface area contributed by atoms with Gasteiger partial charge >= 0.3 is 5.97 Å². The lowest BCUT2D eigenvalue weighted by Crippen LogP contribution is -1.97. The molecular formula is C7H5N3O4. The summed E-state index contributed by atoms with van der Waals surface area (Å²) in [5, 5.41) is 13.5. The van der Waals surface area contributed by atoms with Gasteiger partial charge in [-0.2, -0.15) is 0 Å². The fourth-order valence-corrected chi connectivity index (χ4v) is 0.934. The molecule has 0 spiro atoms. The second-order valence-electron chi connectivity index (χ2n) is 2.42. The van der Waals surface area contributed by atoms with E-state index in [-0.39, 0.29) is 22.6 Å². The third kappa shape index (κ3) is 1.56. The Morgan fingerprint density at radius 2 is 1.93 bits per heavy atom. The van der Waals surface area contributed by atoms with E-state index < -0.39 is 5.97 Å². The van der Waals surface area contributed by atoms with Gasteiger partial charge in [0.05, 0.1) is 11.3 Å². The van der Waals surface area contributed by atoms with Gasteiger partial charge in [-0.1, -0.05) is 0 Å². The summed E-state index contributed by atoms with van der Waals surface area (Å²) in [4.78, 5) is 30.9. The SMILES string of the molecule is Nc1cc(C(=O)O)cc(N=O)c1N=O. The average Bonchev–Trinajstić information content (AvgIpc) is 2.16. The lowest BCUT2D eigenvalue weighted by atomic mass is 10.1. The highest BCUT2D eigenvalue weighted by Gasteiger charge is 2.13. The first-order chi connectivity index (χ1) is 6.60. The number of nitrogen functional groups attached to an aromatic ring is 1. The number of anilines is 1. The van der Waals surface area contributed by atoms with Crippen LogP contribution < -0.4 is 5.73 Å². The lowest BCUT2D eigenvalue weighted by Gasteiger charge is -2.01. The fourth-order valence-electron chi connectivity index (χ4n) is 0.934. The van der Waals surface area contributed by atoms with Crippen molar-refractivity contribution in [2.45, 2.75) is 0 Å². The van der Waals surface area contributed by atoms with Crippen molar-refractivity contribution in [3.8, 4) is 0 Å². The van der Waals surface area contributed by atoms with Crippen molar-refractivity contribution >= 4 is 23.0 Å². The van der Waals surface area contributed by atoms with Crippen molar-refractivity contribution < 1.29 is 9.90 Å². The first kappa shape index (κ1) is 9.78. The van der Waals surface area contributed by atoms with E-state index in [4.69, 9.17) is 10.8 Å². The summed E-state index contributed by atoms with van der Waals surface area (Å²) in [6, 6.07) is 1.97. The number of aromatic carboxylic acids is 1. The normalized spacial score (nSPS) is 9.43. The minimum atomic E-state index is -1.26. The van der Waals surface area contributed by atoms with Crippen LogP contribution in [0.1, 0.15) is 10.4 Å². The molecule has 0 saturated heterocycles. The van der Waals surface area contributed by atoms with Gasteiger partial charge in [-0.25, -0.2) is 4.79 Å². The molecule has 1 aromatic rings. The van der Waals surface area contributed by atoms with Gasteiger partial charge in [-0.15, -0.1) is 9.81 Å². The first-order valence-corrected chi connectivity index (χ1v) is 3.43. The summed E-state index contributed by atoms with van der Waals surface area (Å²) < 4.78 is 0. The molecule has 0 aliphatic carbocycles. The van der Waals surface area contributed by atoms with Crippen molar-refractivity contribution in [1.29, 1.82) is 0 Å². The molecule has 0 aromatic heterocycles. The van der Waals surface area contributed by atoms with Crippen LogP contribution in [0.4, 0.5) is 17.1 Å². The number of carboxylic acid groups (broad SMARTS) is 1. The van der Waals surface area contributed by atoms with Crippen LogP contribution in [0.3, 0.4) is 0 Å². The fraction of sp³-hybridized carbons (Fsp3) is 0. The van der Waals surface area contributed by atoms with Crippen LogP contribution in [0.25, 0.3) is 0 Å². The number of carboxylic acids is 1. The zero-order chi connectivity index (χ0) is 10.7. The minimum Gasteiger partial charge on any atom is -0.478 e. The quantitative estimate of drug-likeness (QED) is 0.561. The van der Waals surface area contributed by atoms with E-state index in [2.05, 4.69) is 10.4 Å². The van der Waals surface area contributed by atoms with Crippen molar-refractivity contribution in [3.05, 3.63) is 27.5 Å². The minimum absolute atomic E-state index is 0.186. The predicted octanol–water partition coefficient (Wildman–Crippen LogP) is 1.76. The van der Waals surface area contributed by atoms with Gasteiger partial charge in [0.15, 0.2) is 5.69 Å². The summed E-state index contributed by atoms with van der Waals surface area (Å²) in [7, 11) is 0. The summed E-state index contributed by atoms with van der Waals surface area (Å²) in [6.07, 6.45) is 0. The number of hydrogen-bond acceptors (Lipinski definition) is 6. The maximum Gasteiger partial charge on any atom is 0.335 e. The van der Waals surface area contributed by atoms with Gasteiger partial charge in [-0.05, 0) is 22.5 Å². The van der Waals surface area contributed by atoms with Gasteiger partial charge in [0.2, 0.25) is 0 Å². The number of rotatable bonds is 3. The van der Waals surface area contributed by atoms with E-state index in [1.165, 1.54) is 0 Å². The topological polar surface area (TPSA) is 122 Å². The molecule has 0 fully saturated rings. The van der Waals surface area contributed by atoms with E-state index in [1.54, 1.807) is 0 Å². The molecule has 0 saturated carbocycles. The van der Waals surface area contributed by atoms with Crippen molar-refractivity contribution in [2.75, 3.05) is 5.73 Å². The van der Waals surface area contributed by atoms with Gasteiger partial charge < -0.3 is 10.8 Å². The predicted molar refractivity (Wildman–Crippen MR) is 48.7 cm³/mol. The monoisotopic (exact) mass is 195 g/mol. The number of carbonyl (C=O) groups is 1. The lowest BCUT2D eigenvalue weighted by molar-refractivity contribution is 0.0697. The Hall–Kier alpha value is -2.31.